The number of aromatic nitrogens is 3. The zero-order valence-corrected chi connectivity index (χ0v) is 17.5. The van der Waals surface area contributed by atoms with Crippen molar-refractivity contribution in [2.45, 2.75) is 11.4 Å². The van der Waals surface area contributed by atoms with Crippen LogP contribution in [-0.2, 0) is 4.79 Å². The number of fused-ring (bicyclic) bond motifs is 3. The van der Waals surface area contributed by atoms with Gasteiger partial charge in [0.25, 0.3) is 0 Å². The van der Waals surface area contributed by atoms with Crippen molar-refractivity contribution in [2.24, 2.45) is 0 Å². The number of halogens is 1. The molecule has 1 aromatic heterocycles. The fourth-order valence-corrected chi connectivity index (χ4v) is 3.52. The monoisotopic (exact) mass is 473 g/mol. The Balaban J connectivity index is 1.81. The molecule has 0 bridgehead atoms. The maximum Gasteiger partial charge on any atom is 0.247 e. The minimum absolute atomic E-state index is 0.313. The van der Waals surface area contributed by atoms with Crippen molar-refractivity contribution in [1.82, 2.24) is 15.2 Å². The second-order valence-corrected chi connectivity index (χ2v) is 7.67. The maximum absolute atomic E-state index is 10.8. The zero-order chi connectivity index (χ0) is 20.4. The lowest BCUT2D eigenvalue weighted by molar-refractivity contribution is -0.307. The molecule has 0 radical (unpaired) electrons. The normalized spacial score (nSPS) is 14.6. The Morgan fingerprint density at radius 3 is 2.93 bits per heavy atom. The molecule has 0 fully saturated rings. The van der Waals surface area contributed by atoms with Gasteiger partial charge in [0.15, 0.2) is 5.69 Å². The Hall–Kier alpha value is -2.85. The van der Waals surface area contributed by atoms with E-state index in [-0.39, 0.29) is 0 Å². The van der Waals surface area contributed by atoms with Crippen molar-refractivity contribution in [2.75, 3.05) is 18.2 Å². The number of carbonyl (C=O) groups is 1. The fraction of sp³-hybridized carbons (Fsp3) is 0.158. The molecule has 0 aliphatic carbocycles. The van der Waals surface area contributed by atoms with Crippen molar-refractivity contribution in [3.8, 4) is 22.9 Å². The van der Waals surface area contributed by atoms with Crippen LogP contribution in [-0.4, -0.2) is 34.0 Å². The number of benzene rings is 2. The van der Waals surface area contributed by atoms with Crippen LogP contribution < -0.4 is 19.9 Å². The number of carboxylic acids is 1. The number of hydrogen-bond acceptors (Lipinski definition) is 9. The quantitative estimate of drug-likeness (QED) is 0.558. The average molecular weight is 474 g/mol. The first-order chi connectivity index (χ1) is 14.0. The Morgan fingerprint density at radius 2 is 2.14 bits per heavy atom. The molecule has 1 atom stereocenters. The molecule has 4 rings (SSSR count). The number of ether oxygens (including phenoxy) is 2. The molecule has 29 heavy (non-hydrogen) atoms. The third kappa shape index (κ3) is 4.13. The molecule has 1 unspecified atom stereocenters. The van der Waals surface area contributed by atoms with Crippen molar-refractivity contribution < 1.29 is 19.4 Å². The van der Waals surface area contributed by atoms with Gasteiger partial charge in [-0.25, -0.2) is 0 Å². The molecule has 1 aliphatic rings. The third-order valence-electron chi connectivity index (χ3n) is 4.12. The van der Waals surface area contributed by atoms with Gasteiger partial charge < -0.3 is 24.7 Å². The molecule has 2 heterocycles. The highest BCUT2D eigenvalue weighted by atomic mass is 79.9. The topological polar surface area (TPSA) is 109 Å². The summed E-state index contributed by atoms with van der Waals surface area (Å²) in [4.78, 5) is 15.3. The molecule has 0 amide bonds. The molecule has 148 valence electrons. The summed E-state index contributed by atoms with van der Waals surface area (Å²) in [5.41, 5.74) is 2.65. The Morgan fingerprint density at radius 1 is 1.31 bits per heavy atom. The number of para-hydroxylation sites is 1. The van der Waals surface area contributed by atoms with Crippen molar-refractivity contribution in [1.29, 1.82) is 0 Å². The van der Waals surface area contributed by atoms with Crippen LogP contribution in [0.5, 0.6) is 11.6 Å². The van der Waals surface area contributed by atoms with Gasteiger partial charge in [0.2, 0.25) is 17.3 Å². The molecule has 0 saturated heterocycles. The Bertz CT molecular complexity index is 1080. The highest BCUT2D eigenvalue weighted by Crippen LogP contribution is 2.42. The number of nitrogens with one attached hydrogen (secondary N) is 1. The van der Waals surface area contributed by atoms with E-state index in [1.54, 1.807) is 18.2 Å². The van der Waals surface area contributed by atoms with E-state index in [1.807, 2.05) is 30.5 Å². The van der Waals surface area contributed by atoms with Crippen LogP contribution in [0.2, 0.25) is 0 Å². The van der Waals surface area contributed by atoms with Gasteiger partial charge in [-0.15, -0.1) is 10.2 Å². The Labute approximate surface area is 178 Å². The van der Waals surface area contributed by atoms with E-state index in [0.717, 1.165) is 15.7 Å². The summed E-state index contributed by atoms with van der Waals surface area (Å²) >= 11 is 4.83. The van der Waals surface area contributed by atoms with E-state index >= 15 is 0 Å². The molecule has 3 aromatic rings. The summed E-state index contributed by atoms with van der Waals surface area (Å²) in [6.45, 7) is -0.565. The molecule has 10 heteroatoms. The van der Waals surface area contributed by atoms with Crippen LogP contribution in [0, 0.1) is 0 Å². The van der Waals surface area contributed by atoms with E-state index in [4.69, 9.17) is 9.47 Å². The van der Waals surface area contributed by atoms with Crippen LogP contribution >= 0.6 is 27.7 Å². The first-order valence-corrected chi connectivity index (χ1v) is 10.5. The number of carbonyl (C=O) groups excluding carboxylic acids is 1. The van der Waals surface area contributed by atoms with E-state index in [9.17, 15) is 9.90 Å². The van der Waals surface area contributed by atoms with Gasteiger partial charge in [-0.3, -0.25) is 0 Å². The van der Waals surface area contributed by atoms with Crippen molar-refractivity contribution in [3.63, 3.8) is 0 Å². The summed E-state index contributed by atoms with van der Waals surface area (Å²) in [5, 5.41) is 23.1. The summed E-state index contributed by atoms with van der Waals surface area (Å²) in [7, 11) is 0. The molecular formula is C19H14BrN4O4S-. The highest BCUT2D eigenvalue weighted by Gasteiger charge is 2.28. The summed E-state index contributed by atoms with van der Waals surface area (Å²) in [5.74, 6) is -0.631. The minimum Gasteiger partial charge on any atom is -0.546 e. The highest BCUT2D eigenvalue weighted by molar-refractivity contribution is 9.10. The molecule has 0 spiro atoms. The van der Waals surface area contributed by atoms with Gasteiger partial charge >= 0.3 is 0 Å². The maximum atomic E-state index is 10.8. The van der Waals surface area contributed by atoms with Crippen LogP contribution in [0.4, 0.5) is 5.69 Å². The number of aliphatic carboxylic acids is 1. The SMILES string of the molecule is CSc1nnc2c(n1)OC(c1ccccc1OCC(=O)[O-])Nc1ccc(Br)cc1-2. The largest absolute Gasteiger partial charge is 0.546 e. The van der Waals surface area contributed by atoms with Gasteiger partial charge in [-0.2, -0.15) is 4.98 Å². The lowest BCUT2D eigenvalue weighted by Gasteiger charge is -2.22. The molecule has 1 aliphatic heterocycles. The minimum atomic E-state index is -1.31. The lowest BCUT2D eigenvalue weighted by Crippen LogP contribution is -2.29. The van der Waals surface area contributed by atoms with Gasteiger partial charge in [-0.1, -0.05) is 39.8 Å². The summed E-state index contributed by atoms with van der Waals surface area (Å²) in [6, 6.07) is 12.7. The standard InChI is InChI=1S/C19H15BrN4O4S/c1-29-19-22-18-16(23-24-19)12-8-10(20)6-7-13(12)21-17(28-18)11-4-2-3-5-14(11)27-9-15(25)26/h2-8,17,21H,9H2,1H3,(H,25,26)/p-1. The second-order valence-electron chi connectivity index (χ2n) is 5.98. The summed E-state index contributed by atoms with van der Waals surface area (Å²) < 4.78 is 12.4. The van der Waals surface area contributed by atoms with Crippen molar-refractivity contribution in [3.05, 3.63) is 52.5 Å². The van der Waals surface area contributed by atoms with Crippen LogP contribution in [0.25, 0.3) is 11.3 Å². The second kappa shape index (κ2) is 8.26. The number of anilines is 1. The Kier molecular flexibility index (Phi) is 5.54. The fourth-order valence-electron chi connectivity index (χ4n) is 2.86. The number of hydrogen-bond donors (Lipinski definition) is 1. The molecule has 0 saturated carbocycles. The number of rotatable bonds is 5. The third-order valence-corrected chi connectivity index (χ3v) is 5.15. The number of nitrogens with zero attached hydrogens (tertiary/aromatic N) is 3. The average Bonchev–Trinajstić information content (AvgIpc) is 2.88. The van der Waals surface area contributed by atoms with E-state index in [2.05, 4.69) is 36.4 Å². The van der Waals surface area contributed by atoms with E-state index < -0.39 is 18.8 Å². The number of thioether (sulfide) groups is 1. The van der Waals surface area contributed by atoms with Crippen molar-refractivity contribution >= 4 is 39.3 Å². The van der Waals surface area contributed by atoms with Crippen LogP contribution in [0.15, 0.2) is 52.1 Å². The van der Waals surface area contributed by atoms with Gasteiger partial charge in [0, 0.05) is 15.7 Å². The van der Waals surface area contributed by atoms with Gasteiger partial charge in [0.1, 0.15) is 12.4 Å². The molecule has 1 N–H and O–H groups in total. The smallest absolute Gasteiger partial charge is 0.247 e. The molecule has 2 aromatic carbocycles. The van der Waals surface area contributed by atoms with Crippen LogP contribution in [0.3, 0.4) is 0 Å². The molecular weight excluding hydrogens is 460 g/mol. The molecule has 8 nitrogen and oxygen atoms in total. The number of carboxylic acid groups (broad SMARTS) is 1. The zero-order valence-electron chi connectivity index (χ0n) is 15.1. The summed E-state index contributed by atoms with van der Waals surface area (Å²) in [6.07, 6.45) is 1.16. The van der Waals surface area contributed by atoms with E-state index in [0.29, 0.717) is 28.0 Å². The van der Waals surface area contributed by atoms with E-state index in [1.165, 1.54) is 11.8 Å². The first kappa shape index (κ1) is 19.5. The lowest BCUT2D eigenvalue weighted by atomic mass is 10.1. The predicted molar refractivity (Wildman–Crippen MR) is 109 cm³/mol. The van der Waals surface area contributed by atoms with Gasteiger partial charge in [-0.05, 0) is 36.6 Å². The van der Waals surface area contributed by atoms with Gasteiger partial charge in [0.05, 0.1) is 11.5 Å². The predicted octanol–water partition coefficient (Wildman–Crippen LogP) is 2.65. The first-order valence-electron chi connectivity index (χ1n) is 8.48. The van der Waals surface area contributed by atoms with Crippen LogP contribution in [0.1, 0.15) is 11.8 Å².